The lowest BCUT2D eigenvalue weighted by Crippen LogP contribution is -2.58. The first-order valence-electron chi connectivity index (χ1n) is 20.1. The molecule has 0 saturated carbocycles. The Morgan fingerprint density at radius 1 is 0.893 bits per heavy atom. The highest BCUT2D eigenvalue weighted by atomic mass is 16.7. The number of benzene rings is 2. The van der Waals surface area contributed by atoms with Gasteiger partial charge in [0.05, 0.1) is 41.6 Å². The van der Waals surface area contributed by atoms with E-state index in [-0.39, 0.29) is 63.7 Å². The van der Waals surface area contributed by atoms with Crippen LogP contribution in [0.25, 0.3) is 0 Å². The minimum atomic E-state index is -0.836. The van der Waals surface area contributed by atoms with Gasteiger partial charge in [-0.2, -0.15) is 0 Å². The molecule has 2 aromatic carbocycles. The van der Waals surface area contributed by atoms with Crippen molar-refractivity contribution in [2.24, 2.45) is 10.4 Å². The highest BCUT2D eigenvalue weighted by Crippen LogP contribution is 2.57. The maximum atomic E-state index is 13.9. The number of nitrogens with zero attached hydrogens (tertiary/aromatic N) is 2. The summed E-state index contributed by atoms with van der Waals surface area (Å²) in [5, 5.41) is 33.8. The second-order valence-electron chi connectivity index (χ2n) is 16.8. The SMILES string of the molecule is CC[C@@]1(C)C[C@H](O[C@H]2C[C@@H](N(C)C)[C@H](O[C@H]3C[C@@H](O)[C@H](O[C@H]4CCC(=NC)C(C)O4)C(C)O3)C(C)O2)c2c(cc3c(c2O)C(=O)c2c(O)cccc2C3=O)[C@H]1C. The number of fused-ring (bicyclic) bond motifs is 3. The Morgan fingerprint density at radius 3 is 2.21 bits per heavy atom. The number of aliphatic hydroxyl groups is 1. The lowest BCUT2D eigenvalue weighted by molar-refractivity contribution is -0.323. The van der Waals surface area contributed by atoms with Crippen LogP contribution in [0.3, 0.4) is 0 Å². The van der Waals surface area contributed by atoms with Gasteiger partial charge in [-0.15, -0.1) is 0 Å². The van der Waals surface area contributed by atoms with Crippen molar-refractivity contribution >= 4 is 17.3 Å². The van der Waals surface area contributed by atoms with Gasteiger partial charge in [-0.1, -0.05) is 39.3 Å². The number of phenols is 2. The lowest BCUT2D eigenvalue weighted by atomic mass is 9.62. The molecule has 13 atom stereocenters. The number of likely N-dealkylation sites (N-methyl/N-ethyl adjacent to an activating group) is 1. The molecule has 3 aliphatic heterocycles. The fraction of sp³-hybridized carbons (Fsp3) is 0.651. The number of phenolic OH excluding ortho intramolecular Hbond substituents is 2. The van der Waals surface area contributed by atoms with Crippen molar-refractivity contribution in [3.8, 4) is 11.5 Å². The smallest absolute Gasteiger partial charge is 0.201 e. The largest absolute Gasteiger partial charge is 0.507 e. The molecule has 3 unspecified atom stereocenters. The number of hydrogen-bond donors (Lipinski definition) is 3. The molecule has 3 saturated heterocycles. The van der Waals surface area contributed by atoms with E-state index in [1.54, 1.807) is 13.1 Å². The van der Waals surface area contributed by atoms with E-state index < -0.39 is 67.1 Å². The Kier molecular flexibility index (Phi) is 11.6. The van der Waals surface area contributed by atoms with Crippen molar-refractivity contribution in [2.75, 3.05) is 21.1 Å². The van der Waals surface area contributed by atoms with Gasteiger partial charge in [0.2, 0.25) is 5.78 Å². The number of ketones is 2. The molecule has 0 radical (unpaired) electrons. The lowest BCUT2D eigenvalue weighted by Gasteiger charge is -2.48. The van der Waals surface area contributed by atoms with Gasteiger partial charge >= 0.3 is 0 Å². The summed E-state index contributed by atoms with van der Waals surface area (Å²) >= 11 is 0. The van der Waals surface area contributed by atoms with Gasteiger partial charge in [0.1, 0.15) is 23.7 Å². The van der Waals surface area contributed by atoms with Gasteiger partial charge in [0.15, 0.2) is 24.7 Å². The van der Waals surface area contributed by atoms with Crippen LogP contribution < -0.4 is 0 Å². The third-order valence-electron chi connectivity index (χ3n) is 13.3. The van der Waals surface area contributed by atoms with E-state index in [2.05, 4.69) is 30.7 Å². The standard InChI is InChI=1S/C43H58N2O11/c1-10-43(6)19-31(36-25(20(43)2)16-26-37(40(36)50)39(49)35-24(38(26)48)12-11-13-29(35)46)54-33-17-28(45(8)9)41(22(4)52-33)56-34-18-30(47)42(23(5)53-34)55-32-15-14-27(44-7)21(3)51-32/h11-13,16,20-23,28,30-34,41-42,46-47,50H,10,14-15,17-19H2,1-9H3/t20-,21?,22?,23?,28-,30-,31+,32+,33+,34+,41-,42-,43+/m1/s1. The topological polar surface area (TPSA) is 166 Å². The Labute approximate surface area is 329 Å². The average Bonchev–Trinajstić information content (AvgIpc) is 3.14. The van der Waals surface area contributed by atoms with Gasteiger partial charge < -0.3 is 48.6 Å². The van der Waals surface area contributed by atoms with Gasteiger partial charge in [-0.3, -0.25) is 14.6 Å². The summed E-state index contributed by atoms with van der Waals surface area (Å²) in [5.41, 5.74) is 2.00. The molecule has 2 aliphatic carbocycles. The second kappa shape index (κ2) is 15.8. The number of rotatable bonds is 8. The summed E-state index contributed by atoms with van der Waals surface area (Å²) in [6.07, 6.45) is -2.02. The van der Waals surface area contributed by atoms with Gasteiger partial charge in [0.25, 0.3) is 0 Å². The van der Waals surface area contributed by atoms with Crippen LogP contribution in [0.4, 0.5) is 0 Å². The monoisotopic (exact) mass is 778 g/mol. The molecular weight excluding hydrogens is 720 g/mol. The molecule has 0 bridgehead atoms. The highest BCUT2D eigenvalue weighted by Gasteiger charge is 2.49. The summed E-state index contributed by atoms with van der Waals surface area (Å²) in [7, 11) is 5.71. The normalized spacial score (nSPS) is 38.0. The van der Waals surface area contributed by atoms with Crippen LogP contribution in [0, 0.1) is 5.41 Å². The zero-order valence-corrected chi connectivity index (χ0v) is 34.0. The number of aromatic hydroxyl groups is 2. The molecule has 0 amide bonds. The highest BCUT2D eigenvalue weighted by molar-refractivity contribution is 6.30. The van der Waals surface area contributed by atoms with Crippen molar-refractivity contribution in [2.45, 2.75) is 154 Å². The maximum absolute atomic E-state index is 13.9. The van der Waals surface area contributed by atoms with E-state index in [1.165, 1.54) is 18.2 Å². The fourth-order valence-electron chi connectivity index (χ4n) is 9.58. The van der Waals surface area contributed by atoms with Crippen LogP contribution >= 0.6 is 0 Å². The van der Waals surface area contributed by atoms with Gasteiger partial charge in [0, 0.05) is 54.8 Å². The Balaban J connectivity index is 1.09. The fourth-order valence-corrected chi connectivity index (χ4v) is 9.58. The summed E-state index contributed by atoms with van der Waals surface area (Å²) < 4.78 is 38.6. The van der Waals surface area contributed by atoms with Crippen LogP contribution in [-0.2, 0) is 28.4 Å². The first-order chi connectivity index (χ1) is 26.6. The number of carbonyl (C=O) groups excluding carboxylic acids is 2. The first-order valence-corrected chi connectivity index (χ1v) is 20.1. The Hall–Kier alpha value is -3.27. The first kappa shape index (κ1) is 40.9. The molecule has 3 heterocycles. The van der Waals surface area contributed by atoms with E-state index >= 15 is 0 Å². The predicted octanol–water partition coefficient (Wildman–Crippen LogP) is 5.78. The Morgan fingerprint density at radius 2 is 1.57 bits per heavy atom. The molecular formula is C43H58N2O11. The molecule has 306 valence electrons. The van der Waals surface area contributed by atoms with Crippen molar-refractivity contribution in [1.29, 1.82) is 0 Å². The molecule has 13 nitrogen and oxygen atoms in total. The minimum absolute atomic E-state index is 0.0640. The third kappa shape index (κ3) is 7.23. The molecule has 0 aromatic heterocycles. The maximum Gasteiger partial charge on any atom is 0.201 e. The number of aliphatic imine (C=N–C) groups is 1. The third-order valence-corrected chi connectivity index (χ3v) is 13.3. The minimum Gasteiger partial charge on any atom is -0.507 e. The molecule has 13 heteroatoms. The molecule has 2 aromatic rings. The summed E-state index contributed by atoms with van der Waals surface area (Å²) in [6, 6.07) is 6.01. The number of hydrogen-bond acceptors (Lipinski definition) is 13. The van der Waals surface area contributed by atoms with E-state index in [9.17, 15) is 24.9 Å². The summed E-state index contributed by atoms with van der Waals surface area (Å²) in [4.78, 5) is 34.0. The van der Waals surface area contributed by atoms with E-state index in [0.29, 0.717) is 24.8 Å². The molecule has 3 fully saturated rings. The quantitative estimate of drug-likeness (QED) is 0.253. The summed E-state index contributed by atoms with van der Waals surface area (Å²) in [5.74, 6) is -1.67. The molecule has 0 spiro atoms. The number of ether oxygens (including phenoxy) is 6. The molecule has 56 heavy (non-hydrogen) atoms. The van der Waals surface area contributed by atoms with Crippen molar-refractivity contribution < 1.29 is 53.3 Å². The Bertz CT molecular complexity index is 1850. The van der Waals surface area contributed by atoms with Crippen LogP contribution in [-0.4, -0.2) is 120 Å². The van der Waals surface area contributed by atoms with Crippen LogP contribution in [0.2, 0.25) is 0 Å². The van der Waals surface area contributed by atoms with Crippen molar-refractivity contribution in [3.63, 3.8) is 0 Å². The van der Waals surface area contributed by atoms with Crippen LogP contribution in [0.1, 0.15) is 135 Å². The average molecular weight is 779 g/mol. The van der Waals surface area contributed by atoms with Crippen molar-refractivity contribution in [3.05, 3.63) is 57.6 Å². The molecule has 3 N–H and O–H groups in total. The second-order valence-corrected chi connectivity index (χ2v) is 16.8. The molecule has 5 aliphatic rings. The van der Waals surface area contributed by atoms with Crippen LogP contribution in [0.5, 0.6) is 11.5 Å². The van der Waals surface area contributed by atoms with Gasteiger partial charge in [-0.05, 0) is 76.7 Å². The van der Waals surface area contributed by atoms with E-state index in [0.717, 1.165) is 24.1 Å². The predicted molar refractivity (Wildman–Crippen MR) is 206 cm³/mol. The van der Waals surface area contributed by atoms with Gasteiger partial charge in [-0.25, -0.2) is 0 Å². The van der Waals surface area contributed by atoms with E-state index in [1.807, 2.05) is 34.9 Å². The number of aliphatic hydroxyl groups excluding tert-OH is 1. The molecule has 7 rings (SSSR count). The van der Waals surface area contributed by atoms with E-state index in [4.69, 9.17) is 28.4 Å². The zero-order valence-electron chi connectivity index (χ0n) is 34.0. The zero-order chi connectivity index (χ0) is 40.4. The van der Waals surface area contributed by atoms with Crippen molar-refractivity contribution in [1.82, 2.24) is 4.90 Å². The number of carbonyl (C=O) groups is 2. The summed E-state index contributed by atoms with van der Waals surface area (Å²) in [6.45, 7) is 12.1. The van der Waals surface area contributed by atoms with Crippen LogP contribution in [0.15, 0.2) is 29.3 Å².